The van der Waals surface area contributed by atoms with Crippen LogP contribution in [0.15, 0.2) is 0 Å². The van der Waals surface area contributed by atoms with E-state index in [0.29, 0.717) is 6.67 Å². The van der Waals surface area contributed by atoms with Crippen molar-refractivity contribution in [3.63, 3.8) is 0 Å². The van der Waals surface area contributed by atoms with Crippen molar-refractivity contribution >= 4 is 0 Å². The number of nitrogens with one attached hydrogen (secondary N) is 1. The van der Waals surface area contributed by atoms with E-state index in [2.05, 4.69) is 12.3 Å². The van der Waals surface area contributed by atoms with Crippen molar-refractivity contribution < 1.29 is 0 Å². The van der Waals surface area contributed by atoms with Crippen molar-refractivity contribution in [3.05, 3.63) is 0 Å². The van der Waals surface area contributed by atoms with Gasteiger partial charge in [-0.15, -0.1) is 0 Å². The van der Waals surface area contributed by atoms with Crippen molar-refractivity contribution in [2.45, 2.75) is 13.3 Å². The maximum atomic E-state index is 5.21. The van der Waals surface area contributed by atoms with Gasteiger partial charge in [-0.1, -0.05) is 6.92 Å². The predicted octanol–water partition coefficient (Wildman–Crippen LogP) is -0.251. The molecular formula is C5H15N3. The Morgan fingerprint density at radius 3 is 2.62 bits per heavy atom. The van der Waals surface area contributed by atoms with E-state index in [1.54, 1.807) is 0 Å². The lowest BCUT2D eigenvalue weighted by molar-refractivity contribution is 0.239. The molecule has 0 radical (unpaired) electrons. The summed E-state index contributed by atoms with van der Waals surface area (Å²) in [7, 11) is 1.98. The van der Waals surface area contributed by atoms with E-state index in [9.17, 15) is 0 Å². The SMILES string of the molecule is CCCN(C)NCN. The highest BCUT2D eigenvalue weighted by Gasteiger charge is 1.88. The van der Waals surface area contributed by atoms with Gasteiger partial charge in [-0.3, -0.25) is 0 Å². The van der Waals surface area contributed by atoms with Gasteiger partial charge in [-0.25, -0.2) is 10.4 Å². The van der Waals surface area contributed by atoms with E-state index in [1.807, 2.05) is 12.1 Å². The standard InChI is InChI=1S/C5H15N3/c1-3-4-8(2)7-5-6/h7H,3-6H2,1-2H3. The lowest BCUT2D eigenvalue weighted by atomic mass is 10.5. The Hall–Kier alpha value is -0.120. The van der Waals surface area contributed by atoms with Crippen LogP contribution in [-0.4, -0.2) is 25.3 Å². The third-order valence-electron chi connectivity index (χ3n) is 0.920. The molecule has 3 heteroatoms. The van der Waals surface area contributed by atoms with Crippen molar-refractivity contribution in [2.75, 3.05) is 20.3 Å². The van der Waals surface area contributed by atoms with E-state index in [4.69, 9.17) is 5.73 Å². The summed E-state index contributed by atoms with van der Waals surface area (Å²) in [5.74, 6) is 0. The summed E-state index contributed by atoms with van der Waals surface area (Å²) >= 11 is 0. The number of hydrogen-bond donors (Lipinski definition) is 2. The number of nitrogens with zero attached hydrogens (tertiary/aromatic N) is 1. The van der Waals surface area contributed by atoms with Gasteiger partial charge < -0.3 is 5.73 Å². The van der Waals surface area contributed by atoms with Crippen LogP contribution >= 0.6 is 0 Å². The minimum absolute atomic E-state index is 0.524. The Balaban J connectivity index is 2.92. The number of hydrazine groups is 1. The van der Waals surface area contributed by atoms with Crippen molar-refractivity contribution in [1.82, 2.24) is 10.4 Å². The highest BCUT2D eigenvalue weighted by Crippen LogP contribution is 1.77. The highest BCUT2D eigenvalue weighted by atomic mass is 15.5. The number of hydrogen-bond acceptors (Lipinski definition) is 3. The van der Waals surface area contributed by atoms with E-state index in [0.717, 1.165) is 13.0 Å². The zero-order valence-electron chi connectivity index (χ0n) is 5.65. The molecule has 0 aliphatic heterocycles. The third-order valence-corrected chi connectivity index (χ3v) is 0.920. The summed E-state index contributed by atoms with van der Waals surface area (Å²) in [6.07, 6.45) is 1.16. The van der Waals surface area contributed by atoms with Gasteiger partial charge in [0, 0.05) is 13.6 Å². The minimum atomic E-state index is 0.524. The van der Waals surface area contributed by atoms with Crippen LogP contribution in [0.25, 0.3) is 0 Å². The first-order valence-corrected chi connectivity index (χ1v) is 2.96. The van der Waals surface area contributed by atoms with Gasteiger partial charge in [0.25, 0.3) is 0 Å². The second-order valence-electron chi connectivity index (χ2n) is 1.78. The first-order valence-electron chi connectivity index (χ1n) is 2.96. The molecule has 0 amide bonds. The van der Waals surface area contributed by atoms with Gasteiger partial charge in [-0.05, 0) is 6.42 Å². The maximum Gasteiger partial charge on any atom is 0.0567 e. The summed E-state index contributed by atoms with van der Waals surface area (Å²) in [5.41, 5.74) is 8.16. The number of nitrogens with two attached hydrogens (primary N) is 1. The van der Waals surface area contributed by atoms with Crippen LogP contribution in [0, 0.1) is 0 Å². The largest absolute Gasteiger partial charge is 0.317 e. The number of rotatable bonds is 4. The second kappa shape index (κ2) is 5.03. The molecule has 0 aliphatic carbocycles. The quantitative estimate of drug-likeness (QED) is 0.394. The lowest BCUT2D eigenvalue weighted by Crippen LogP contribution is -2.38. The van der Waals surface area contributed by atoms with Crippen molar-refractivity contribution in [2.24, 2.45) is 5.73 Å². The molecule has 0 heterocycles. The van der Waals surface area contributed by atoms with Crippen LogP contribution in [0.3, 0.4) is 0 Å². The van der Waals surface area contributed by atoms with Gasteiger partial charge in [0.1, 0.15) is 0 Å². The van der Waals surface area contributed by atoms with Crippen LogP contribution in [0.1, 0.15) is 13.3 Å². The van der Waals surface area contributed by atoms with E-state index < -0.39 is 0 Å². The Morgan fingerprint density at radius 1 is 1.62 bits per heavy atom. The molecule has 3 nitrogen and oxygen atoms in total. The fraction of sp³-hybridized carbons (Fsp3) is 1.00. The molecule has 50 valence electrons. The van der Waals surface area contributed by atoms with Gasteiger partial charge in [-0.2, -0.15) is 0 Å². The van der Waals surface area contributed by atoms with Crippen LogP contribution in [0.5, 0.6) is 0 Å². The molecule has 0 aliphatic rings. The third kappa shape index (κ3) is 4.05. The zero-order chi connectivity index (χ0) is 6.41. The molecule has 8 heavy (non-hydrogen) atoms. The summed E-state index contributed by atoms with van der Waals surface area (Å²) in [4.78, 5) is 0. The zero-order valence-corrected chi connectivity index (χ0v) is 5.65. The van der Waals surface area contributed by atoms with Gasteiger partial charge >= 0.3 is 0 Å². The Kier molecular flexibility index (Phi) is 4.95. The molecule has 0 spiro atoms. The predicted molar refractivity (Wildman–Crippen MR) is 35.1 cm³/mol. The fourth-order valence-corrected chi connectivity index (χ4v) is 0.570. The summed E-state index contributed by atoms with van der Waals surface area (Å²) in [5, 5.41) is 1.99. The highest BCUT2D eigenvalue weighted by molar-refractivity contribution is 4.37. The molecule has 0 aromatic rings. The maximum absolute atomic E-state index is 5.21. The molecular weight excluding hydrogens is 102 g/mol. The monoisotopic (exact) mass is 117 g/mol. The summed E-state index contributed by atoms with van der Waals surface area (Å²) in [6.45, 7) is 3.71. The molecule has 0 unspecified atom stereocenters. The van der Waals surface area contributed by atoms with Crippen molar-refractivity contribution in [3.8, 4) is 0 Å². The molecule has 0 aromatic carbocycles. The first-order chi connectivity index (χ1) is 3.81. The molecule has 0 rings (SSSR count). The molecule has 0 saturated heterocycles. The molecule has 0 aromatic heterocycles. The molecule has 0 saturated carbocycles. The lowest BCUT2D eigenvalue weighted by Gasteiger charge is -2.14. The summed E-state index contributed by atoms with van der Waals surface area (Å²) < 4.78 is 0. The average Bonchev–Trinajstić information content (AvgIpc) is 1.68. The average molecular weight is 117 g/mol. The fourth-order valence-electron chi connectivity index (χ4n) is 0.570. The van der Waals surface area contributed by atoms with Crippen molar-refractivity contribution in [1.29, 1.82) is 0 Å². The van der Waals surface area contributed by atoms with Crippen LogP contribution in [0.4, 0.5) is 0 Å². The Morgan fingerprint density at radius 2 is 2.25 bits per heavy atom. The first kappa shape index (κ1) is 7.88. The molecule has 0 fully saturated rings. The Bertz CT molecular complexity index is 40.9. The summed E-state index contributed by atoms with van der Waals surface area (Å²) in [6, 6.07) is 0. The van der Waals surface area contributed by atoms with Crippen LogP contribution < -0.4 is 11.2 Å². The molecule has 0 atom stereocenters. The van der Waals surface area contributed by atoms with E-state index in [1.165, 1.54) is 0 Å². The van der Waals surface area contributed by atoms with Crippen LogP contribution in [0.2, 0.25) is 0 Å². The van der Waals surface area contributed by atoms with Gasteiger partial charge in [0.15, 0.2) is 0 Å². The topological polar surface area (TPSA) is 41.3 Å². The van der Waals surface area contributed by atoms with E-state index >= 15 is 0 Å². The van der Waals surface area contributed by atoms with Gasteiger partial charge in [0.2, 0.25) is 0 Å². The molecule has 3 N–H and O–H groups in total. The Labute approximate surface area is 50.8 Å². The normalized spacial score (nSPS) is 10.5. The molecule has 0 bridgehead atoms. The van der Waals surface area contributed by atoms with E-state index in [-0.39, 0.29) is 0 Å². The van der Waals surface area contributed by atoms with Gasteiger partial charge in [0.05, 0.1) is 6.67 Å². The smallest absolute Gasteiger partial charge is 0.0567 e. The second-order valence-corrected chi connectivity index (χ2v) is 1.78. The minimum Gasteiger partial charge on any atom is -0.317 e. The van der Waals surface area contributed by atoms with Crippen LogP contribution in [-0.2, 0) is 0 Å².